The van der Waals surface area contributed by atoms with Crippen molar-refractivity contribution < 1.29 is 9.90 Å². The number of carboxylic acid groups (broad SMARTS) is 1. The van der Waals surface area contributed by atoms with Gasteiger partial charge in [-0.25, -0.2) is 0 Å². The van der Waals surface area contributed by atoms with Gasteiger partial charge in [0.1, 0.15) is 0 Å². The van der Waals surface area contributed by atoms with E-state index >= 15 is 0 Å². The minimum atomic E-state index is -0.663. The molecule has 2 rings (SSSR count). The smallest absolute Gasteiger partial charge is 0.307 e. The maximum atomic E-state index is 11.3. The van der Waals surface area contributed by atoms with Crippen molar-refractivity contribution in [2.24, 2.45) is 17.3 Å². The summed E-state index contributed by atoms with van der Waals surface area (Å²) in [5.74, 6) is -0.684. The lowest BCUT2D eigenvalue weighted by Crippen LogP contribution is -2.23. The predicted octanol–water partition coefficient (Wildman–Crippen LogP) is 3.32. The van der Waals surface area contributed by atoms with Crippen molar-refractivity contribution in [2.45, 2.75) is 33.1 Å². The topological polar surface area (TPSA) is 37.3 Å². The molecule has 1 aliphatic carbocycles. The van der Waals surface area contributed by atoms with E-state index < -0.39 is 5.97 Å². The average Bonchev–Trinajstić information content (AvgIpc) is 2.84. The normalized spacial score (nSPS) is 26.6. The highest BCUT2D eigenvalue weighted by molar-refractivity contribution is 5.76. The average molecular weight is 232 g/mol. The standard InChI is InChI=1S/C15H20O2/c1-14(2,10-8-6-5-7-9-10)12-11(13(16)17)15(12,3)4/h5-9,11-12H,1-4H3,(H,16,17). The molecular formula is C15H20O2. The van der Waals surface area contributed by atoms with Crippen LogP contribution in [-0.2, 0) is 10.2 Å². The number of aliphatic carboxylic acids is 1. The summed E-state index contributed by atoms with van der Waals surface area (Å²) >= 11 is 0. The quantitative estimate of drug-likeness (QED) is 0.868. The van der Waals surface area contributed by atoms with Gasteiger partial charge in [-0.15, -0.1) is 0 Å². The second-order valence-electron chi connectivity index (χ2n) is 6.20. The van der Waals surface area contributed by atoms with Crippen molar-refractivity contribution in [1.29, 1.82) is 0 Å². The van der Waals surface area contributed by atoms with E-state index in [2.05, 4.69) is 39.8 Å². The zero-order valence-electron chi connectivity index (χ0n) is 10.9. The Hall–Kier alpha value is -1.31. The first-order valence-corrected chi connectivity index (χ1v) is 6.08. The number of benzene rings is 1. The third-order valence-electron chi connectivity index (χ3n) is 4.39. The van der Waals surface area contributed by atoms with Crippen molar-refractivity contribution in [1.82, 2.24) is 0 Å². The molecule has 0 amide bonds. The first-order chi connectivity index (χ1) is 7.79. The third-order valence-corrected chi connectivity index (χ3v) is 4.39. The molecule has 0 aliphatic heterocycles. The van der Waals surface area contributed by atoms with Gasteiger partial charge in [-0.3, -0.25) is 4.79 Å². The molecule has 1 aliphatic rings. The van der Waals surface area contributed by atoms with E-state index in [4.69, 9.17) is 0 Å². The molecule has 2 heteroatoms. The van der Waals surface area contributed by atoms with Crippen molar-refractivity contribution in [2.75, 3.05) is 0 Å². The lowest BCUT2D eigenvalue weighted by molar-refractivity contribution is -0.139. The van der Waals surface area contributed by atoms with Crippen LogP contribution in [0, 0.1) is 17.3 Å². The molecular weight excluding hydrogens is 212 g/mol. The Morgan fingerprint density at radius 2 is 1.76 bits per heavy atom. The molecule has 0 bridgehead atoms. The van der Waals surface area contributed by atoms with E-state index in [1.165, 1.54) is 5.56 Å². The summed E-state index contributed by atoms with van der Waals surface area (Å²) in [7, 11) is 0. The molecule has 1 fully saturated rings. The van der Waals surface area contributed by atoms with Crippen LogP contribution >= 0.6 is 0 Å². The molecule has 1 N–H and O–H groups in total. The Kier molecular flexibility index (Phi) is 2.57. The van der Waals surface area contributed by atoms with E-state index in [9.17, 15) is 9.90 Å². The number of rotatable bonds is 3. The fraction of sp³-hybridized carbons (Fsp3) is 0.533. The number of carbonyl (C=O) groups is 1. The van der Waals surface area contributed by atoms with Gasteiger partial charge in [0, 0.05) is 0 Å². The Morgan fingerprint density at radius 1 is 1.24 bits per heavy atom. The number of hydrogen-bond acceptors (Lipinski definition) is 1. The van der Waals surface area contributed by atoms with Gasteiger partial charge in [0.15, 0.2) is 0 Å². The highest BCUT2D eigenvalue weighted by Crippen LogP contribution is 2.65. The molecule has 2 nitrogen and oxygen atoms in total. The van der Waals surface area contributed by atoms with E-state index in [-0.39, 0.29) is 22.7 Å². The van der Waals surface area contributed by atoms with Crippen molar-refractivity contribution in [3.63, 3.8) is 0 Å². The zero-order chi connectivity index (χ0) is 12.8. The van der Waals surface area contributed by atoms with Gasteiger partial charge < -0.3 is 5.11 Å². The molecule has 0 spiro atoms. The summed E-state index contributed by atoms with van der Waals surface area (Å²) < 4.78 is 0. The molecule has 2 atom stereocenters. The second-order valence-corrected chi connectivity index (χ2v) is 6.20. The Bertz CT molecular complexity index is 431. The Morgan fingerprint density at radius 3 is 2.18 bits per heavy atom. The lowest BCUT2D eigenvalue weighted by atomic mass is 9.77. The molecule has 0 aromatic heterocycles. The third kappa shape index (κ3) is 1.76. The zero-order valence-corrected chi connectivity index (χ0v) is 10.9. The molecule has 0 heterocycles. The molecule has 1 aromatic rings. The first-order valence-electron chi connectivity index (χ1n) is 6.08. The van der Waals surface area contributed by atoms with Crippen LogP contribution in [0.15, 0.2) is 30.3 Å². The fourth-order valence-electron chi connectivity index (χ4n) is 3.49. The lowest BCUT2D eigenvalue weighted by Gasteiger charge is -2.27. The van der Waals surface area contributed by atoms with Gasteiger partial charge in [0.2, 0.25) is 0 Å². The molecule has 0 radical (unpaired) electrons. The SMILES string of the molecule is CC(C)(c1ccccc1)C1C(C(=O)O)C1(C)C. The Labute approximate surface area is 103 Å². The van der Waals surface area contributed by atoms with Crippen LogP contribution in [-0.4, -0.2) is 11.1 Å². The summed E-state index contributed by atoms with van der Waals surface area (Å²) in [5, 5.41) is 9.27. The summed E-state index contributed by atoms with van der Waals surface area (Å²) in [6.07, 6.45) is 0. The van der Waals surface area contributed by atoms with Crippen LogP contribution in [0.2, 0.25) is 0 Å². The highest BCUT2D eigenvalue weighted by atomic mass is 16.4. The summed E-state index contributed by atoms with van der Waals surface area (Å²) in [5.41, 5.74) is 1.03. The minimum Gasteiger partial charge on any atom is -0.481 e. The van der Waals surface area contributed by atoms with Crippen LogP contribution in [0.1, 0.15) is 33.3 Å². The van der Waals surface area contributed by atoms with Gasteiger partial charge in [0.05, 0.1) is 5.92 Å². The van der Waals surface area contributed by atoms with E-state index in [0.717, 1.165) is 0 Å². The fourth-order valence-corrected chi connectivity index (χ4v) is 3.49. The summed E-state index contributed by atoms with van der Waals surface area (Å²) in [6, 6.07) is 10.2. The van der Waals surface area contributed by atoms with Crippen molar-refractivity contribution in [3.8, 4) is 0 Å². The van der Waals surface area contributed by atoms with Crippen LogP contribution in [0.25, 0.3) is 0 Å². The first kappa shape index (κ1) is 12.2. The highest BCUT2D eigenvalue weighted by Gasteiger charge is 2.67. The molecule has 17 heavy (non-hydrogen) atoms. The monoisotopic (exact) mass is 232 g/mol. The van der Waals surface area contributed by atoms with Crippen molar-refractivity contribution >= 4 is 5.97 Å². The predicted molar refractivity (Wildman–Crippen MR) is 67.9 cm³/mol. The van der Waals surface area contributed by atoms with E-state index in [0.29, 0.717) is 0 Å². The molecule has 0 saturated heterocycles. The van der Waals surface area contributed by atoms with E-state index in [1.807, 2.05) is 18.2 Å². The van der Waals surface area contributed by atoms with Crippen molar-refractivity contribution in [3.05, 3.63) is 35.9 Å². The van der Waals surface area contributed by atoms with Crippen LogP contribution in [0.5, 0.6) is 0 Å². The molecule has 1 saturated carbocycles. The maximum Gasteiger partial charge on any atom is 0.307 e. The summed E-state index contributed by atoms with van der Waals surface area (Å²) in [4.78, 5) is 11.3. The number of carboxylic acids is 1. The molecule has 2 unspecified atom stereocenters. The van der Waals surface area contributed by atoms with Crippen LogP contribution < -0.4 is 0 Å². The van der Waals surface area contributed by atoms with Gasteiger partial charge in [0.25, 0.3) is 0 Å². The number of hydrogen-bond donors (Lipinski definition) is 1. The van der Waals surface area contributed by atoms with Crippen LogP contribution in [0.3, 0.4) is 0 Å². The van der Waals surface area contributed by atoms with Gasteiger partial charge in [-0.05, 0) is 22.3 Å². The molecule has 92 valence electrons. The van der Waals surface area contributed by atoms with Crippen LogP contribution in [0.4, 0.5) is 0 Å². The van der Waals surface area contributed by atoms with Gasteiger partial charge in [-0.2, -0.15) is 0 Å². The maximum absolute atomic E-state index is 11.3. The van der Waals surface area contributed by atoms with E-state index in [1.54, 1.807) is 0 Å². The van der Waals surface area contributed by atoms with Gasteiger partial charge >= 0.3 is 5.97 Å². The second kappa shape index (κ2) is 3.59. The minimum absolute atomic E-state index is 0.0895. The summed E-state index contributed by atoms with van der Waals surface area (Å²) in [6.45, 7) is 8.41. The Balaban J connectivity index is 2.33. The van der Waals surface area contributed by atoms with Gasteiger partial charge in [-0.1, -0.05) is 58.0 Å². The largest absolute Gasteiger partial charge is 0.481 e. The molecule has 1 aromatic carbocycles.